The van der Waals surface area contributed by atoms with Gasteiger partial charge in [-0.05, 0) is 30.7 Å². The first-order chi connectivity index (χ1) is 11.6. The zero-order valence-corrected chi connectivity index (χ0v) is 14.5. The summed E-state index contributed by atoms with van der Waals surface area (Å²) in [5.74, 6) is 1.71. The molecule has 1 amide bonds. The van der Waals surface area contributed by atoms with Gasteiger partial charge < -0.3 is 15.2 Å². The van der Waals surface area contributed by atoms with Crippen LogP contribution in [-0.4, -0.2) is 16.0 Å². The third kappa shape index (κ3) is 4.20. The van der Waals surface area contributed by atoms with E-state index in [0.29, 0.717) is 11.6 Å². The Morgan fingerprint density at radius 2 is 2.04 bits per heavy atom. The van der Waals surface area contributed by atoms with E-state index >= 15 is 0 Å². The maximum absolute atomic E-state index is 12.1. The van der Waals surface area contributed by atoms with Crippen LogP contribution in [0.15, 0.2) is 57.7 Å². The van der Waals surface area contributed by atoms with Crippen molar-refractivity contribution in [3.05, 3.63) is 64.5 Å². The Labute approximate surface area is 147 Å². The molecule has 0 unspecified atom stereocenters. The third-order valence-electron chi connectivity index (χ3n) is 3.24. The van der Waals surface area contributed by atoms with E-state index in [0.717, 1.165) is 21.5 Å². The van der Waals surface area contributed by atoms with E-state index in [-0.39, 0.29) is 12.3 Å². The molecule has 0 saturated carbocycles. The lowest BCUT2D eigenvalue weighted by Crippen LogP contribution is -2.15. The van der Waals surface area contributed by atoms with Gasteiger partial charge in [0.05, 0.1) is 18.3 Å². The van der Waals surface area contributed by atoms with Gasteiger partial charge in [0.2, 0.25) is 5.91 Å². The Kier molecular flexibility index (Phi) is 4.90. The Balaban J connectivity index is 1.59. The number of aromatic nitrogens is 2. The lowest BCUT2D eigenvalue weighted by atomic mass is 10.1. The lowest BCUT2D eigenvalue weighted by Gasteiger charge is -2.07. The second-order valence-corrected chi connectivity index (χ2v) is 6.05. The van der Waals surface area contributed by atoms with Gasteiger partial charge in [0.1, 0.15) is 11.6 Å². The number of rotatable bonds is 5. The van der Waals surface area contributed by atoms with Crippen LogP contribution in [0.5, 0.6) is 0 Å². The molecule has 0 bridgehead atoms. The van der Waals surface area contributed by atoms with Crippen LogP contribution < -0.4 is 10.6 Å². The van der Waals surface area contributed by atoms with E-state index < -0.39 is 0 Å². The summed E-state index contributed by atoms with van der Waals surface area (Å²) in [6, 6.07) is 13.0. The average molecular weight is 387 g/mol. The lowest BCUT2D eigenvalue weighted by molar-refractivity contribution is -0.115. The molecule has 0 fully saturated rings. The summed E-state index contributed by atoms with van der Waals surface area (Å²) in [6.45, 7) is 1.82. The van der Waals surface area contributed by atoms with Crippen LogP contribution in [0, 0.1) is 6.92 Å². The van der Waals surface area contributed by atoms with Gasteiger partial charge in [-0.2, -0.15) is 0 Å². The SMILES string of the molecule is Cc1cc(Nc2ccc(NC(=O)Cc3ccccc3Br)nc2)no1. The van der Waals surface area contributed by atoms with Crippen molar-refractivity contribution in [1.29, 1.82) is 0 Å². The van der Waals surface area contributed by atoms with Gasteiger partial charge in [0.25, 0.3) is 0 Å². The summed E-state index contributed by atoms with van der Waals surface area (Å²) < 4.78 is 5.90. The maximum atomic E-state index is 12.1. The summed E-state index contributed by atoms with van der Waals surface area (Å²) >= 11 is 3.44. The highest BCUT2D eigenvalue weighted by Crippen LogP contribution is 2.18. The number of nitrogens with one attached hydrogen (secondary N) is 2. The highest BCUT2D eigenvalue weighted by atomic mass is 79.9. The predicted molar refractivity (Wildman–Crippen MR) is 95.2 cm³/mol. The number of benzene rings is 1. The van der Waals surface area contributed by atoms with E-state index in [2.05, 4.69) is 36.7 Å². The van der Waals surface area contributed by atoms with Gasteiger partial charge in [-0.1, -0.05) is 39.3 Å². The minimum atomic E-state index is -0.123. The molecule has 3 aromatic rings. The molecule has 0 aliphatic heterocycles. The number of carbonyl (C=O) groups excluding carboxylic acids is 1. The van der Waals surface area contributed by atoms with Crippen molar-refractivity contribution in [3.8, 4) is 0 Å². The number of halogens is 1. The van der Waals surface area contributed by atoms with Gasteiger partial charge in [-0.3, -0.25) is 4.79 Å². The summed E-state index contributed by atoms with van der Waals surface area (Å²) in [7, 11) is 0. The number of carbonyl (C=O) groups is 1. The van der Waals surface area contributed by atoms with Gasteiger partial charge >= 0.3 is 0 Å². The molecule has 0 spiro atoms. The van der Waals surface area contributed by atoms with Crippen LogP contribution in [-0.2, 0) is 11.2 Å². The Hall–Kier alpha value is -2.67. The average Bonchev–Trinajstić information content (AvgIpc) is 2.96. The molecule has 24 heavy (non-hydrogen) atoms. The number of pyridine rings is 1. The van der Waals surface area contributed by atoms with Gasteiger partial charge in [0.15, 0.2) is 5.82 Å². The molecule has 0 aliphatic rings. The standard InChI is InChI=1S/C17H15BrN4O2/c1-11-8-16(22-24-11)20-13-6-7-15(19-10-13)21-17(23)9-12-4-2-3-5-14(12)18/h2-8,10H,9H2,1H3,(H,20,22)(H,19,21,23). The summed E-state index contributed by atoms with van der Waals surface area (Å²) in [4.78, 5) is 16.3. The molecular weight excluding hydrogens is 372 g/mol. The molecule has 3 rings (SSSR count). The molecule has 1 aromatic carbocycles. The van der Waals surface area contributed by atoms with E-state index in [4.69, 9.17) is 4.52 Å². The zero-order chi connectivity index (χ0) is 16.9. The molecule has 2 aromatic heterocycles. The van der Waals surface area contributed by atoms with Crippen molar-refractivity contribution in [2.75, 3.05) is 10.6 Å². The van der Waals surface area contributed by atoms with Gasteiger partial charge in [-0.25, -0.2) is 4.98 Å². The van der Waals surface area contributed by atoms with E-state index in [1.807, 2.05) is 37.3 Å². The number of nitrogens with zero attached hydrogens (tertiary/aromatic N) is 2. The number of aryl methyl sites for hydroxylation is 1. The number of hydrogen-bond acceptors (Lipinski definition) is 5. The molecule has 0 radical (unpaired) electrons. The number of amides is 1. The molecule has 6 nitrogen and oxygen atoms in total. The molecule has 2 heterocycles. The number of hydrogen-bond donors (Lipinski definition) is 2. The van der Waals surface area contributed by atoms with Gasteiger partial charge in [-0.15, -0.1) is 0 Å². The Morgan fingerprint density at radius 3 is 2.71 bits per heavy atom. The largest absolute Gasteiger partial charge is 0.360 e. The van der Waals surface area contributed by atoms with Crippen LogP contribution in [0.1, 0.15) is 11.3 Å². The Bertz CT molecular complexity index is 846. The fraction of sp³-hybridized carbons (Fsp3) is 0.118. The van der Waals surface area contributed by atoms with Crippen LogP contribution in [0.4, 0.5) is 17.3 Å². The molecule has 0 aliphatic carbocycles. The van der Waals surface area contributed by atoms with Crippen LogP contribution in [0.25, 0.3) is 0 Å². The topological polar surface area (TPSA) is 80.0 Å². The first-order valence-corrected chi connectivity index (χ1v) is 8.09. The summed E-state index contributed by atoms with van der Waals surface area (Å²) in [5.41, 5.74) is 1.68. The fourth-order valence-corrected chi connectivity index (χ4v) is 2.54. The zero-order valence-electron chi connectivity index (χ0n) is 12.9. The first-order valence-electron chi connectivity index (χ1n) is 7.30. The first kappa shape index (κ1) is 16.2. The van der Waals surface area contributed by atoms with Crippen LogP contribution in [0.2, 0.25) is 0 Å². The van der Waals surface area contributed by atoms with E-state index in [1.165, 1.54) is 0 Å². The maximum Gasteiger partial charge on any atom is 0.229 e. The highest BCUT2D eigenvalue weighted by molar-refractivity contribution is 9.10. The Morgan fingerprint density at radius 1 is 1.21 bits per heavy atom. The monoisotopic (exact) mass is 386 g/mol. The number of anilines is 3. The molecule has 0 saturated heterocycles. The van der Waals surface area contributed by atoms with Crippen molar-refractivity contribution in [1.82, 2.24) is 10.1 Å². The van der Waals surface area contributed by atoms with Crippen molar-refractivity contribution in [2.24, 2.45) is 0 Å². The molecule has 7 heteroatoms. The molecular formula is C17H15BrN4O2. The molecule has 122 valence electrons. The quantitative estimate of drug-likeness (QED) is 0.690. The van der Waals surface area contributed by atoms with Crippen molar-refractivity contribution in [3.63, 3.8) is 0 Å². The second kappa shape index (κ2) is 7.27. The van der Waals surface area contributed by atoms with Gasteiger partial charge in [0, 0.05) is 10.5 Å². The summed E-state index contributed by atoms with van der Waals surface area (Å²) in [6.07, 6.45) is 1.90. The second-order valence-electron chi connectivity index (χ2n) is 5.20. The smallest absolute Gasteiger partial charge is 0.229 e. The van der Waals surface area contributed by atoms with E-state index in [9.17, 15) is 4.79 Å². The minimum absolute atomic E-state index is 0.123. The molecule has 0 atom stereocenters. The minimum Gasteiger partial charge on any atom is -0.360 e. The summed E-state index contributed by atoms with van der Waals surface area (Å²) in [5, 5.41) is 9.70. The predicted octanol–water partition coefficient (Wildman–Crippen LogP) is 4.07. The fourth-order valence-electron chi connectivity index (χ4n) is 2.12. The third-order valence-corrected chi connectivity index (χ3v) is 4.01. The normalized spacial score (nSPS) is 10.4. The van der Waals surface area contributed by atoms with Crippen molar-refractivity contribution in [2.45, 2.75) is 13.3 Å². The highest BCUT2D eigenvalue weighted by Gasteiger charge is 2.08. The van der Waals surface area contributed by atoms with Crippen LogP contribution >= 0.6 is 15.9 Å². The van der Waals surface area contributed by atoms with Crippen molar-refractivity contribution >= 4 is 39.2 Å². The molecule has 2 N–H and O–H groups in total. The van der Waals surface area contributed by atoms with E-state index in [1.54, 1.807) is 18.3 Å². The van der Waals surface area contributed by atoms with Crippen molar-refractivity contribution < 1.29 is 9.32 Å². The van der Waals surface area contributed by atoms with Crippen LogP contribution in [0.3, 0.4) is 0 Å².